The lowest BCUT2D eigenvalue weighted by Crippen LogP contribution is -2.79. The molecule has 14 heteroatoms. The summed E-state index contributed by atoms with van der Waals surface area (Å²) in [7, 11) is 0. The first-order valence-electron chi connectivity index (χ1n) is 12.1. The standard InChI is InChI=1S/C23H25FN6O7/c1-4-13-8-35-21(33)30(13)18-14-5-12-6-22(9-25-20(32)26-19(22)31)23(28-34)11(3)36-10(2)7-29(23)16(12)15(24)17(14)37-27-18/h5,10-11,13H,4,6-9H2,1-3H3,(H2,25,26,31,32). The Kier molecular flexibility index (Phi) is 5.00. The predicted octanol–water partition coefficient (Wildman–Crippen LogP) is 2.16. The average molecular weight is 516 g/mol. The number of nitrogens with one attached hydrogen (secondary N) is 2. The molecule has 37 heavy (non-hydrogen) atoms. The van der Waals surface area contributed by atoms with Crippen molar-refractivity contribution in [2.45, 2.75) is 57.5 Å². The lowest BCUT2D eigenvalue weighted by molar-refractivity contribution is -0.152. The molecule has 0 bridgehead atoms. The molecule has 5 atom stereocenters. The number of rotatable bonds is 3. The number of carbonyl (C=O) groups excluding carboxylic acids is 3. The summed E-state index contributed by atoms with van der Waals surface area (Å²) in [5.41, 5.74) is -3.25. The fourth-order valence-electron chi connectivity index (χ4n) is 6.38. The van der Waals surface area contributed by atoms with E-state index < -0.39 is 47.1 Å². The Morgan fingerprint density at radius 3 is 2.78 bits per heavy atom. The second kappa shape index (κ2) is 7.84. The van der Waals surface area contributed by atoms with Crippen molar-refractivity contribution in [1.82, 2.24) is 15.8 Å². The van der Waals surface area contributed by atoms with E-state index in [9.17, 15) is 19.3 Å². The Balaban J connectivity index is 1.60. The van der Waals surface area contributed by atoms with Crippen LogP contribution in [0.2, 0.25) is 0 Å². The zero-order valence-electron chi connectivity index (χ0n) is 20.4. The molecular weight excluding hydrogens is 491 g/mol. The van der Waals surface area contributed by atoms with Gasteiger partial charge in [-0.15, -0.1) is 4.91 Å². The number of hydrogen-bond donors (Lipinski definition) is 2. The predicted molar refractivity (Wildman–Crippen MR) is 125 cm³/mol. The van der Waals surface area contributed by atoms with Gasteiger partial charge in [0.2, 0.25) is 17.2 Å². The third-order valence-corrected chi connectivity index (χ3v) is 8.07. The van der Waals surface area contributed by atoms with Crippen LogP contribution in [-0.2, 0) is 20.7 Å². The maximum Gasteiger partial charge on any atom is 0.416 e. The molecule has 4 aliphatic rings. The zero-order valence-corrected chi connectivity index (χ0v) is 20.4. The van der Waals surface area contributed by atoms with Gasteiger partial charge in [-0.05, 0) is 43.5 Å². The van der Waals surface area contributed by atoms with Gasteiger partial charge >= 0.3 is 12.1 Å². The first kappa shape index (κ1) is 23.6. The number of imide groups is 1. The fraction of sp³-hybridized carbons (Fsp3) is 0.565. The largest absolute Gasteiger partial charge is 0.447 e. The molecule has 4 aliphatic heterocycles. The zero-order chi connectivity index (χ0) is 26.3. The lowest BCUT2D eigenvalue weighted by Gasteiger charge is -2.60. The summed E-state index contributed by atoms with van der Waals surface area (Å²) in [6.07, 6.45) is -1.54. The van der Waals surface area contributed by atoms with Gasteiger partial charge in [0.25, 0.3) is 0 Å². The van der Waals surface area contributed by atoms with Gasteiger partial charge in [0, 0.05) is 13.1 Å². The van der Waals surface area contributed by atoms with Crippen LogP contribution in [0.3, 0.4) is 0 Å². The summed E-state index contributed by atoms with van der Waals surface area (Å²) in [4.78, 5) is 53.5. The molecule has 0 radical (unpaired) electrons. The molecule has 5 heterocycles. The average Bonchev–Trinajstić information content (AvgIpc) is 3.44. The Hall–Kier alpha value is -3.81. The number of benzene rings is 1. The van der Waals surface area contributed by atoms with Gasteiger partial charge in [-0.2, -0.15) is 0 Å². The molecular formula is C23H25FN6O7. The number of carbonyl (C=O) groups is 3. The fourth-order valence-corrected chi connectivity index (χ4v) is 6.38. The number of halogens is 1. The maximum absolute atomic E-state index is 16.3. The van der Waals surface area contributed by atoms with Crippen molar-refractivity contribution in [3.8, 4) is 0 Å². The number of morpholine rings is 1. The number of anilines is 2. The second-order valence-corrected chi connectivity index (χ2v) is 10.0. The van der Waals surface area contributed by atoms with Crippen LogP contribution in [0.1, 0.15) is 32.8 Å². The van der Waals surface area contributed by atoms with Crippen LogP contribution in [0, 0.1) is 16.1 Å². The van der Waals surface area contributed by atoms with Gasteiger partial charge in [-0.3, -0.25) is 15.0 Å². The minimum atomic E-state index is -1.87. The second-order valence-electron chi connectivity index (χ2n) is 10.0. The first-order valence-corrected chi connectivity index (χ1v) is 12.1. The summed E-state index contributed by atoms with van der Waals surface area (Å²) >= 11 is 0. The summed E-state index contributed by atoms with van der Waals surface area (Å²) in [5.74, 6) is -1.40. The van der Waals surface area contributed by atoms with Gasteiger partial charge < -0.3 is 24.2 Å². The number of cyclic esters (lactones) is 1. The molecule has 1 aromatic carbocycles. The summed E-state index contributed by atoms with van der Waals surface area (Å²) in [5, 5.41) is 12.5. The molecule has 0 saturated carbocycles. The molecule has 3 fully saturated rings. The summed E-state index contributed by atoms with van der Waals surface area (Å²) in [6, 6.07) is 0.606. The van der Waals surface area contributed by atoms with Crippen molar-refractivity contribution < 1.29 is 32.8 Å². The van der Waals surface area contributed by atoms with Gasteiger partial charge in [-0.25, -0.2) is 14.0 Å². The van der Waals surface area contributed by atoms with Crippen molar-refractivity contribution >= 4 is 40.5 Å². The van der Waals surface area contributed by atoms with Gasteiger partial charge in [0.15, 0.2) is 11.6 Å². The van der Waals surface area contributed by atoms with Gasteiger partial charge in [0.05, 0.1) is 23.2 Å². The summed E-state index contributed by atoms with van der Waals surface area (Å²) < 4.78 is 32.8. The Morgan fingerprint density at radius 1 is 1.30 bits per heavy atom. The van der Waals surface area contributed by atoms with Crippen LogP contribution in [0.5, 0.6) is 0 Å². The Labute approximate surface area is 209 Å². The summed E-state index contributed by atoms with van der Waals surface area (Å²) in [6.45, 7) is 5.25. The molecule has 3 saturated heterocycles. The quantitative estimate of drug-likeness (QED) is 0.584. The monoisotopic (exact) mass is 516 g/mol. The van der Waals surface area contributed by atoms with Crippen molar-refractivity contribution in [3.05, 3.63) is 22.4 Å². The van der Waals surface area contributed by atoms with Gasteiger partial charge in [0.1, 0.15) is 18.1 Å². The van der Waals surface area contributed by atoms with E-state index in [1.54, 1.807) is 19.9 Å². The molecule has 4 amide bonds. The number of amides is 4. The van der Waals surface area contributed by atoms with E-state index in [4.69, 9.17) is 14.0 Å². The van der Waals surface area contributed by atoms with E-state index in [0.29, 0.717) is 12.0 Å². The first-order chi connectivity index (χ1) is 17.7. The van der Waals surface area contributed by atoms with Crippen LogP contribution in [0.4, 0.5) is 25.5 Å². The topological polar surface area (TPSA) is 156 Å². The van der Waals surface area contributed by atoms with Crippen LogP contribution in [-0.4, -0.2) is 66.8 Å². The molecule has 5 unspecified atom stereocenters. The molecule has 13 nitrogen and oxygen atoms in total. The lowest BCUT2D eigenvalue weighted by atomic mass is 9.63. The van der Waals surface area contributed by atoms with Crippen LogP contribution >= 0.6 is 0 Å². The van der Waals surface area contributed by atoms with E-state index in [0.717, 1.165) is 0 Å². The van der Waals surface area contributed by atoms with Crippen molar-refractivity contribution in [2.75, 3.05) is 29.5 Å². The van der Waals surface area contributed by atoms with E-state index in [1.165, 1.54) is 9.80 Å². The minimum Gasteiger partial charge on any atom is -0.447 e. The van der Waals surface area contributed by atoms with Crippen LogP contribution in [0.15, 0.2) is 15.8 Å². The minimum absolute atomic E-state index is 0.0446. The molecule has 196 valence electrons. The third-order valence-electron chi connectivity index (χ3n) is 8.07. The number of aromatic nitrogens is 1. The van der Waals surface area contributed by atoms with Crippen molar-refractivity contribution in [1.29, 1.82) is 0 Å². The highest BCUT2D eigenvalue weighted by Crippen LogP contribution is 2.55. The van der Waals surface area contributed by atoms with Crippen LogP contribution < -0.4 is 20.4 Å². The molecule has 2 aromatic rings. The van der Waals surface area contributed by atoms with E-state index in [1.807, 2.05) is 6.92 Å². The number of urea groups is 1. The number of ether oxygens (including phenoxy) is 2. The maximum atomic E-state index is 16.3. The molecule has 1 spiro atoms. The highest BCUT2D eigenvalue weighted by molar-refractivity contribution is 6.04. The molecule has 2 N–H and O–H groups in total. The smallest absolute Gasteiger partial charge is 0.416 e. The number of nitroso groups, excluding NO2 is 1. The SMILES string of the molecule is CCC1COC(=O)N1c1noc2c(F)c3c(cc12)CC1(CNC(=O)NC1=O)C1(N=O)C(C)OC(C)CN31. The number of nitrogens with zero attached hydrogens (tertiary/aromatic N) is 4. The van der Waals surface area contributed by atoms with E-state index in [-0.39, 0.29) is 54.6 Å². The highest BCUT2D eigenvalue weighted by Gasteiger charge is 2.70. The molecule has 1 aromatic heterocycles. The van der Waals surface area contributed by atoms with Crippen molar-refractivity contribution in [3.63, 3.8) is 0 Å². The highest BCUT2D eigenvalue weighted by atomic mass is 19.1. The molecule has 6 rings (SSSR count). The normalized spacial score (nSPS) is 33.2. The Bertz CT molecular complexity index is 1360. The number of hydrogen-bond acceptors (Lipinski definition) is 10. The molecule has 0 aliphatic carbocycles. The van der Waals surface area contributed by atoms with E-state index >= 15 is 4.39 Å². The third kappa shape index (κ3) is 2.87. The van der Waals surface area contributed by atoms with Crippen molar-refractivity contribution in [2.24, 2.45) is 10.6 Å². The number of fused-ring (bicyclic) bond motifs is 5. The Morgan fingerprint density at radius 2 is 2.08 bits per heavy atom. The van der Waals surface area contributed by atoms with Crippen LogP contribution in [0.25, 0.3) is 11.0 Å². The van der Waals surface area contributed by atoms with E-state index in [2.05, 4.69) is 21.0 Å². The van der Waals surface area contributed by atoms with Gasteiger partial charge in [-0.1, -0.05) is 12.1 Å².